The standard InChI is InChI=1S/C25H30N4O2/c1-28-15-12-19(13-16-28)11-14-26-25(30)23-18-29(21-8-4-3-5-9-21)27-24(23)20-7-6-10-22(17-20)31-2/h3-10,17-19H,11-16H2,1-2H3,(H,26,30). The van der Waals surface area contributed by atoms with Gasteiger partial charge in [0.15, 0.2) is 0 Å². The molecular formula is C25H30N4O2. The fourth-order valence-electron chi connectivity index (χ4n) is 4.07. The molecule has 0 bridgehead atoms. The van der Waals surface area contributed by atoms with Gasteiger partial charge in [0.25, 0.3) is 5.91 Å². The molecule has 1 aromatic heterocycles. The number of piperidine rings is 1. The fraction of sp³-hybridized carbons (Fsp3) is 0.360. The molecule has 1 fully saturated rings. The number of rotatable bonds is 7. The molecule has 1 aliphatic heterocycles. The lowest BCUT2D eigenvalue weighted by Gasteiger charge is -2.28. The van der Waals surface area contributed by atoms with E-state index in [-0.39, 0.29) is 5.91 Å². The zero-order chi connectivity index (χ0) is 21.6. The molecule has 31 heavy (non-hydrogen) atoms. The molecule has 6 nitrogen and oxygen atoms in total. The number of para-hydroxylation sites is 1. The summed E-state index contributed by atoms with van der Waals surface area (Å²) in [5.41, 5.74) is 2.99. The Morgan fingerprint density at radius 2 is 1.90 bits per heavy atom. The summed E-state index contributed by atoms with van der Waals surface area (Å²) < 4.78 is 7.13. The maximum absolute atomic E-state index is 13.1. The lowest BCUT2D eigenvalue weighted by atomic mass is 9.94. The largest absolute Gasteiger partial charge is 0.497 e. The van der Waals surface area contributed by atoms with E-state index >= 15 is 0 Å². The first-order valence-electron chi connectivity index (χ1n) is 10.9. The van der Waals surface area contributed by atoms with Crippen molar-refractivity contribution in [1.82, 2.24) is 20.0 Å². The predicted octanol–water partition coefficient (Wildman–Crippen LogP) is 4.01. The van der Waals surface area contributed by atoms with Gasteiger partial charge < -0.3 is 15.0 Å². The minimum Gasteiger partial charge on any atom is -0.497 e. The number of aromatic nitrogens is 2. The van der Waals surface area contributed by atoms with Crippen LogP contribution in [0.15, 0.2) is 60.8 Å². The van der Waals surface area contributed by atoms with Gasteiger partial charge in [0, 0.05) is 18.3 Å². The summed E-state index contributed by atoms with van der Waals surface area (Å²) in [6, 6.07) is 17.5. The second-order valence-electron chi connectivity index (χ2n) is 8.19. The van der Waals surface area contributed by atoms with Gasteiger partial charge in [-0.05, 0) is 69.6 Å². The Morgan fingerprint density at radius 1 is 1.13 bits per heavy atom. The Morgan fingerprint density at radius 3 is 2.65 bits per heavy atom. The zero-order valence-electron chi connectivity index (χ0n) is 18.3. The number of carbonyl (C=O) groups excluding carboxylic acids is 1. The van der Waals surface area contributed by atoms with E-state index in [4.69, 9.17) is 9.84 Å². The van der Waals surface area contributed by atoms with Crippen LogP contribution in [-0.2, 0) is 0 Å². The Labute approximate surface area is 183 Å². The van der Waals surface area contributed by atoms with Crippen molar-refractivity contribution in [3.63, 3.8) is 0 Å². The number of amides is 1. The molecule has 0 spiro atoms. The van der Waals surface area contributed by atoms with Gasteiger partial charge in [-0.15, -0.1) is 0 Å². The lowest BCUT2D eigenvalue weighted by Crippen LogP contribution is -2.32. The van der Waals surface area contributed by atoms with E-state index < -0.39 is 0 Å². The van der Waals surface area contributed by atoms with E-state index in [9.17, 15) is 4.79 Å². The Hall–Kier alpha value is -3.12. The molecule has 1 saturated heterocycles. The molecule has 1 aliphatic rings. The Bertz CT molecular complexity index is 1010. The zero-order valence-corrected chi connectivity index (χ0v) is 18.3. The number of likely N-dealkylation sites (tertiary alicyclic amines) is 1. The third-order valence-corrected chi connectivity index (χ3v) is 6.00. The predicted molar refractivity (Wildman–Crippen MR) is 123 cm³/mol. The molecule has 0 unspecified atom stereocenters. The van der Waals surface area contributed by atoms with Crippen LogP contribution < -0.4 is 10.1 Å². The highest BCUT2D eigenvalue weighted by Crippen LogP contribution is 2.27. The summed E-state index contributed by atoms with van der Waals surface area (Å²) in [6.07, 6.45) is 5.23. The van der Waals surface area contributed by atoms with E-state index in [0.717, 1.165) is 36.5 Å². The third kappa shape index (κ3) is 5.14. The van der Waals surface area contributed by atoms with Crippen LogP contribution in [0.2, 0.25) is 0 Å². The summed E-state index contributed by atoms with van der Waals surface area (Å²) in [5, 5.41) is 7.87. The van der Waals surface area contributed by atoms with Crippen LogP contribution in [0.25, 0.3) is 16.9 Å². The fourth-order valence-corrected chi connectivity index (χ4v) is 4.07. The molecule has 3 aromatic rings. The Kier molecular flexibility index (Phi) is 6.67. The highest BCUT2D eigenvalue weighted by molar-refractivity contribution is 6.00. The van der Waals surface area contributed by atoms with E-state index in [1.807, 2.05) is 60.8 Å². The lowest BCUT2D eigenvalue weighted by molar-refractivity contribution is 0.0949. The second kappa shape index (κ2) is 9.79. The molecule has 2 aromatic carbocycles. The van der Waals surface area contributed by atoms with E-state index in [2.05, 4.69) is 17.3 Å². The molecule has 4 rings (SSSR count). The molecule has 0 aliphatic carbocycles. The number of nitrogens with zero attached hydrogens (tertiary/aromatic N) is 3. The highest BCUT2D eigenvalue weighted by atomic mass is 16.5. The van der Waals surface area contributed by atoms with Gasteiger partial charge in [-0.3, -0.25) is 4.79 Å². The summed E-state index contributed by atoms with van der Waals surface area (Å²) in [6.45, 7) is 2.96. The van der Waals surface area contributed by atoms with Gasteiger partial charge in [-0.25, -0.2) is 4.68 Å². The summed E-state index contributed by atoms with van der Waals surface area (Å²) in [7, 11) is 3.81. The van der Waals surface area contributed by atoms with Gasteiger partial charge in [0.2, 0.25) is 0 Å². The first kappa shape index (κ1) is 21.1. The van der Waals surface area contributed by atoms with Gasteiger partial charge in [0.05, 0.1) is 18.4 Å². The average molecular weight is 419 g/mol. The number of benzene rings is 2. The molecule has 0 saturated carbocycles. The van der Waals surface area contributed by atoms with Crippen molar-refractivity contribution < 1.29 is 9.53 Å². The average Bonchev–Trinajstić information content (AvgIpc) is 3.27. The van der Waals surface area contributed by atoms with Gasteiger partial charge in [0.1, 0.15) is 11.4 Å². The van der Waals surface area contributed by atoms with Gasteiger partial charge >= 0.3 is 0 Å². The van der Waals surface area contributed by atoms with Crippen molar-refractivity contribution >= 4 is 5.91 Å². The normalized spacial score (nSPS) is 15.0. The van der Waals surface area contributed by atoms with Crippen molar-refractivity contribution in [1.29, 1.82) is 0 Å². The molecule has 1 amide bonds. The number of nitrogens with one attached hydrogen (secondary N) is 1. The van der Waals surface area contributed by atoms with Crippen LogP contribution in [0, 0.1) is 5.92 Å². The number of carbonyl (C=O) groups is 1. The minimum atomic E-state index is -0.0899. The van der Waals surface area contributed by atoms with E-state index in [1.165, 1.54) is 12.8 Å². The molecular weight excluding hydrogens is 388 g/mol. The second-order valence-corrected chi connectivity index (χ2v) is 8.19. The first-order valence-corrected chi connectivity index (χ1v) is 10.9. The van der Waals surface area contributed by atoms with Crippen LogP contribution in [0.5, 0.6) is 5.75 Å². The SMILES string of the molecule is COc1cccc(-c2nn(-c3ccccc3)cc2C(=O)NCCC2CCN(C)CC2)c1. The molecule has 162 valence electrons. The summed E-state index contributed by atoms with van der Waals surface area (Å²) in [5.74, 6) is 1.33. The summed E-state index contributed by atoms with van der Waals surface area (Å²) in [4.78, 5) is 15.5. The molecule has 2 heterocycles. The van der Waals surface area contributed by atoms with Crippen LogP contribution in [0.1, 0.15) is 29.6 Å². The molecule has 1 N–H and O–H groups in total. The first-order chi connectivity index (χ1) is 15.1. The molecule has 6 heteroatoms. The van der Waals surface area contributed by atoms with Crippen LogP contribution in [0.4, 0.5) is 0 Å². The quantitative estimate of drug-likeness (QED) is 0.630. The minimum absolute atomic E-state index is 0.0899. The maximum Gasteiger partial charge on any atom is 0.255 e. The maximum atomic E-state index is 13.1. The van der Waals surface area contributed by atoms with Crippen molar-refractivity contribution in [2.45, 2.75) is 19.3 Å². The van der Waals surface area contributed by atoms with E-state index in [0.29, 0.717) is 23.7 Å². The number of methoxy groups -OCH3 is 1. The molecule has 0 radical (unpaired) electrons. The number of hydrogen-bond acceptors (Lipinski definition) is 4. The van der Waals surface area contributed by atoms with Crippen molar-refractivity contribution in [3.8, 4) is 22.7 Å². The monoisotopic (exact) mass is 418 g/mol. The van der Waals surface area contributed by atoms with Gasteiger partial charge in [-0.1, -0.05) is 30.3 Å². The van der Waals surface area contributed by atoms with Crippen LogP contribution in [0.3, 0.4) is 0 Å². The van der Waals surface area contributed by atoms with Crippen molar-refractivity contribution in [3.05, 3.63) is 66.4 Å². The number of ether oxygens (including phenoxy) is 1. The topological polar surface area (TPSA) is 59.4 Å². The Balaban J connectivity index is 1.54. The van der Waals surface area contributed by atoms with Gasteiger partial charge in [-0.2, -0.15) is 5.10 Å². The van der Waals surface area contributed by atoms with Crippen LogP contribution in [-0.4, -0.2) is 54.4 Å². The smallest absolute Gasteiger partial charge is 0.255 e. The van der Waals surface area contributed by atoms with Crippen molar-refractivity contribution in [2.75, 3.05) is 33.8 Å². The number of hydrogen-bond donors (Lipinski definition) is 1. The van der Waals surface area contributed by atoms with E-state index in [1.54, 1.807) is 11.8 Å². The highest BCUT2D eigenvalue weighted by Gasteiger charge is 2.20. The van der Waals surface area contributed by atoms with Crippen molar-refractivity contribution in [2.24, 2.45) is 5.92 Å². The third-order valence-electron chi connectivity index (χ3n) is 6.00. The molecule has 0 atom stereocenters. The summed E-state index contributed by atoms with van der Waals surface area (Å²) >= 11 is 0. The van der Waals surface area contributed by atoms with Crippen LogP contribution >= 0.6 is 0 Å².